The third-order valence-electron chi connectivity index (χ3n) is 2.84. The Bertz CT molecular complexity index is 668. The topological polar surface area (TPSA) is 17.3 Å². The zero-order valence-corrected chi connectivity index (χ0v) is 9.39. The van der Waals surface area contributed by atoms with Crippen LogP contribution in [0, 0.1) is 12.7 Å². The van der Waals surface area contributed by atoms with Crippen molar-refractivity contribution in [3.05, 3.63) is 60.2 Å². The number of benzene rings is 1. The Morgan fingerprint density at radius 1 is 1.06 bits per heavy atom. The van der Waals surface area contributed by atoms with Crippen molar-refractivity contribution < 1.29 is 4.39 Å². The largest absolute Gasteiger partial charge is 0.304 e. The van der Waals surface area contributed by atoms with Gasteiger partial charge in [0.15, 0.2) is 0 Å². The molecule has 0 unspecified atom stereocenters. The molecule has 1 aromatic carbocycles. The Kier molecular flexibility index (Phi) is 2.18. The van der Waals surface area contributed by atoms with E-state index in [1.54, 1.807) is 12.1 Å². The molecule has 0 amide bonds. The fourth-order valence-corrected chi connectivity index (χ4v) is 1.91. The molecule has 84 valence electrons. The van der Waals surface area contributed by atoms with Crippen molar-refractivity contribution in [2.45, 2.75) is 6.92 Å². The third-order valence-corrected chi connectivity index (χ3v) is 2.84. The number of fused-ring (bicyclic) bond motifs is 1. The number of aromatic nitrogens is 2. The van der Waals surface area contributed by atoms with Gasteiger partial charge in [0.2, 0.25) is 0 Å². The first-order valence-electron chi connectivity index (χ1n) is 5.45. The number of rotatable bonds is 1. The Morgan fingerprint density at radius 2 is 1.82 bits per heavy atom. The summed E-state index contributed by atoms with van der Waals surface area (Å²) in [6.45, 7) is 2.03. The number of pyridine rings is 1. The van der Waals surface area contributed by atoms with Gasteiger partial charge in [0.1, 0.15) is 11.5 Å². The highest BCUT2D eigenvalue weighted by Gasteiger charge is 2.05. The number of hydrogen-bond acceptors (Lipinski definition) is 1. The molecular formula is C14H11FN2. The lowest BCUT2D eigenvalue weighted by molar-refractivity contribution is 0.628. The number of hydrogen-bond donors (Lipinski definition) is 0. The minimum absolute atomic E-state index is 0.228. The summed E-state index contributed by atoms with van der Waals surface area (Å²) in [7, 11) is 0. The van der Waals surface area contributed by atoms with E-state index < -0.39 is 0 Å². The summed E-state index contributed by atoms with van der Waals surface area (Å²) >= 11 is 0. The van der Waals surface area contributed by atoms with Crippen LogP contribution in [-0.2, 0) is 0 Å². The van der Waals surface area contributed by atoms with E-state index in [-0.39, 0.29) is 5.82 Å². The first-order valence-corrected chi connectivity index (χ1v) is 5.45. The smallest absolute Gasteiger partial charge is 0.137 e. The molecular weight excluding hydrogens is 215 g/mol. The van der Waals surface area contributed by atoms with Crippen molar-refractivity contribution in [3.8, 4) is 11.3 Å². The van der Waals surface area contributed by atoms with Gasteiger partial charge in [0.05, 0.1) is 5.69 Å². The fraction of sp³-hybridized carbons (Fsp3) is 0.0714. The van der Waals surface area contributed by atoms with Crippen LogP contribution in [0.4, 0.5) is 4.39 Å². The molecule has 3 rings (SSSR count). The van der Waals surface area contributed by atoms with Crippen LogP contribution < -0.4 is 0 Å². The first kappa shape index (κ1) is 10.0. The zero-order valence-electron chi connectivity index (χ0n) is 9.39. The Balaban J connectivity index is 2.18. The summed E-state index contributed by atoms with van der Waals surface area (Å²) < 4.78 is 14.9. The number of halogens is 1. The normalized spacial score (nSPS) is 10.9. The highest BCUT2D eigenvalue weighted by atomic mass is 19.1. The monoisotopic (exact) mass is 226 g/mol. The summed E-state index contributed by atoms with van der Waals surface area (Å²) in [4.78, 5) is 4.51. The lowest BCUT2D eigenvalue weighted by Gasteiger charge is -1.96. The van der Waals surface area contributed by atoms with Crippen molar-refractivity contribution in [2.75, 3.05) is 0 Å². The SMILES string of the molecule is Cc1cccc2nc(-c3ccc(F)cc3)cn12. The van der Waals surface area contributed by atoms with Gasteiger partial charge in [-0.2, -0.15) is 0 Å². The van der Waals surface area contributed by atoms with Crippen LogP contribution in [0.2, 0.25) is 0 Å². The summed E-state index contributed by atoms with van der Waals surface area (Å²) in [6.07, 6.45) is 1.97. The van der Waals surface area contributed by atoms with Crippen LogP contribution in [0.3, 0.4) is 0 Å². The summed E-state index contributed by atoms with van der Waals surface area (Å²) in [5.41, 5.74) is 3.82. The molecule has 2 nitrogen and oxygen atoms in total. The van der Waals surface area contributed by atoms with Gasteiger partial charge in [-0.25, -0.2) is 9.37 Å². The minimum atomic E-state index is -0.228. The molecule has 0 atom stereocenters. The Hall–Kier alpha value is -2.16. The second kappa shape index (κ2) is 3.70. The highest BCUT2D eigenvalue weighted by molar-refractivity contribution is 5.62. The van der Waals surface area contributed by atoms with Crippen LogP contribution in [0.15, 0.2) is 48.7 Å². The maximum atomic E-state index is 12.8. The molecule has 3 heteroatoms. The van der Waals surface area contributed by atoms with Crippen LogP contribution >= 0.6 is 0 Å². The molecule has 2 aromatic heterocycles. The molecule has 0 saturated heterocycles. The number of aryl methyl sites for hydroxylation is 1. The molecule has 0 aliphatic carbocycles. The second-order valence-electron chi connectivity index (χ2n) is 4.03. The van der Waals surface area contributed by atoms with Crippen molar-refractivity contribution in [2.24, 2.45) is 0 Å². The van der Waals surface area contributed by atoms with E-state index in [1.165, 1.54) is 12.1 Å². The van der Waals surface area contributed by atoms with E-state index in [0.29, 0.717) is 0 Å². The molecule has 3 aromatic rings. The first-order chi connectivity index (χ1) is 8.24. The molecule has 0 bridgehead atoms. The van der Waals surface area contributed by atoms with E-state index in [0.717, 1.165) is 22.6 Å². The van der Waals surface area contributed by atoms with Crippen LogP contribution in [0.5, 0.6) is 0 Å². The Morgan fingerprint density at radius 3 is 2.53 bits per heavy atom. The molecule has 0 aliphatic rings. The van der Waals surface area contributed by atoms with Crippen molar-refractivity contribution >= 4 is 5.65 Å². The average molecular weight is 226 g/mol. The van der Waals surface area contributed by atoms with Gasteiger partial charge in [0.25, 0.3) is 0 Å². The minimum Gasteiger partial charge on any atom is -0.304 e. The maximum absolute atomic E-state index is 12.8. The van der Waals surface area contributed by atoms with Gasteiger partial charge in [-0.05, 0) is 43.3 Å². The molecule has 2 heterocycles. The predicted octanol–water partition coefficient (Wildman–Crippen LogP) is 3.45. The molecule has 0 fully saturated rings. The van der Waals surface area contributed by atoms with Crippen LogP contribution in [0.1, 0.15) is 5.69 Å². The molecule has 0 aliphatic heterocycles. The van der Waals surface area contributed by atoms with Gasteiger partial charge in [-0.15, -0.1) is 0 Å². The predicted molar refractivity (Wildman–Crippen MR) is 65.3 cm³/mol. The number of nitrogens with zero attached hydrogens (tertiary/aromatic N) is 2. The van der Waals surface area contributed by atoms with Crippen molar-refractivity contribution in [3.63, 3.8) is 0 Å². The Labute approximate surface area is 98.4 Å². The standard InChI is InChI=1S/C14H11FN2/c1-10-3-2-4-14-16-13(9-17(10)14)11-5-7-12(15)8-6-11/h2-9H,1H3. The quantitative estimate of drug-likeness (QED) is 0.621. The molecule has 0 saturated carbocycles. The van der Waals surface area contributed by atoms with E-state index in [1.807, 2.05) is 35.7 Å². The fourth-order valence-electron chi connectivity index (χ4n) is 1.91. The van der Waals surface area contributed by atoms with Gasteiger partial charge in [-0.1, -0.05) is 6.07 Å². The third kappa shape index (κ3) is 1.69. The van der Waals surface area contributed by atoms with Crippen molar-refractivity contribution in [1.29, 1.82) is 0 Å². The maximum Gasteiger partial charge on any atom is 0.137 e. The lowest BCUT2D eigenvalue weighted by atomic mass is 10.2. The molecule has 0 N–H and O–H groups in total. The summed E-state index contributed by atoms with van der Waals surface area (Å²) in [6, 6.07) is 12.4. The average Bonchev–Trinajstić information content (AvgIpc) is 2.75. The highest BCUT2D eigenvalue weighted by Crippen LogP contribution is 2.20. The second-order valence-corrected chi connectivity index (χ2v) is 4.03. The number of imidazole rings is 1. The van der Waals surface area contributed by atoms with E-state index in [4.69, 9.17) is 0 Å². The molecule has 0 radical (unpaired) electrons. The van der Waals surface area contributed by atoms with Crippen LogP contribution in [-0.4, -0.2) is 9.38 Å². The van der Waals surface area contributed by atoms with Gasteiger partial charge in [0, 0.05) is 17.5 Å². The van der Waals surface area contributed by atoms with Gasteiger partial charge in [-0.3, -0.25) is 0 Å². The summed E-state index contributed by atoms with van der Waals surface area (Å²) in [5.74, 6) is -0.228. The van der Waals surface area contributed by atoms with Gasteiger partial charge >= 0.3 is 0 Å². The molecule has 17 heavy (non-hydrogen) atoms. The van der Waals surface area contributed by atoms with Gasteiger partial charge < -0.3 is 4.40 Å². The molecule has 0 spiro atoms. The van der Waals surface area contributed by atoms with E-state index in [9.17, 15) is 4.39 Å². The van der Waals surface area contributed by atoms with Crippen LogP contribution in [0.25, 0.3) is 16.9 Å². The van der Waals surface area contributed by atoms with E-state index >= 15 is 0 Å². The zero-order chi connectivity index (χ0) is 11.8. The van der Waals surface area contributed by atoms with E-state index in [2.05, 4.69) is 4.98 Å². The summed E-state index contributed by atoms with van der Waals surface area (Å²) in [5, 5.41) is 0. The lowest BCUT2D eigenvalue weighted by Crippen LogP contribution is -1.86. The van der Waals surface area contributed by atoms with Crippen molar-refractivity contribution in [1.82, 2.24) is 9.38 Å².